The van der Waals surface area contributed by atoms with Crippen molar-refractivity contribution in [3.63, 3.8) is 0 Å². The molecule has 0 bridgehead atoms. The smallest absolute Gasteiger partial charge is 0.211 e. The number of hydrogen-bond donors (Lipinski definition) is 1. The standard InChI is InChI=1S/C8H19NO5S/c1-8(7-12-2)14-4-3-13-5-6-15(9,10)11/h8H,3-7H2,1-2H3,(H2,9,10,11). The lowest BCUT2D eigenvalue weighted by molar-refractivity contribution is -0.0177. The van der Waals surface area contributed by atoms with Crippen molar-refractivity contribution in [1.82, 2.24) is 0 Å². The average molecular weight is 241 g/mol. The van der Waals surface area contributed by atoms with Crippen LogP contribution in [-0.4, -0.2) is 53.8 Å². The Labute approximate surface area is 90.7 Å². The van der Waals surface area contributed by atoms with Crippen LogP contribution in [0.4, 0.5) is 0 Å². The summed E-state index contributed by atoms with van der Waals surface area (Å²) in [6.07, 6.45) is 0.0110. The van der Waals surface area contributed by atoms with Crippen LogP contribution < -0.4 is 5.14 Å². The number of primary sulfonamides is 1. The van der Waals surface area contributed by atoms with Crippen molar-refractivity contribution in [3.05, 3.63) is 0 Å². The summed E-state index contributed by atoms with van der Waals surface area (Å²) in [6.45, 7) is 3.27. The van der Waals surface area contributed by atoms with E-state index in [1.165, 1.54) is 0 Å². The van der Waals surface area contributed by atoms with E-state index < -0.39 is 10.0 Å². The molecule has 0 aromatic heterocycles. The molecule has 1 atom stereocenters. The Balaban J connectivity index is 3.25. The number of hydrogen-bond acceptors (Lipinski definition) is 5. The van der Waals surface area contributed by atoms with Gasteiger partial charge in [0, 0.05) is 7.11 Å². The zero-order valence-electron chi connectivity index (χ0n) is 9.14. The predicted molar refractivity (Wildman–Crippen MR) is 56.1 cm³/mol. The van der Waals surface area contributed by atoms with Gasteiger partial charge in [0.05, 0.1) is 38.3 Å². The summed E-state index contributed by atoms with van der Waals surface area (Å²) >= 11 is 0. The van der Waals surface area contributed by atoms with E-state index >= 15 is 0 Å². The zero-order valence-corrected chi connectivity index (χ0v) is 9.96. The lowest BCUT2D eigenvalue weighted by Crippen LogP contribution is -2.22. The fraction of sp³-hybridized carbons (Fsp3) is 1.00. The van der Waals surface area contributed by atoms with Crippen molar-refractivity contribution in [3.8, 4) is 0 Å². The first-order valence-electron chi connectivity index (χ1n) is 4.64. The molecular formula is C8H19NO5S. The maximum Gasteiger partial charge on any atom is 0.211 e. The van der Waals surface area contributed by atoms with Crippen molar-refractivity contribution < 1.29 is 22.6 Å². The van der Waals surface area contributed by atoms with Gasteiger partial charge in [-0.15, -0.1) is 0 Å². The second-order valence-corrected chi connectivity index (χ2v) is 4.85. The third-order valence-electron chi connectivity index (χ3n) is 1.54. The molecule has 0 rings (SSSR count). The van der Waals surface area contributed by atoms with Crippen LogP contribution in [0.25, 0.3) is 0 Å². The maximum absolute atomic E-state index is 10.5. The lowest BCUT2D eigenvalue weighted by Gasteiger charge is -2.11. The minimum atomic E-state index is -3.42. The van der Waals surface area contributed by atoms with Gasteiger partial charge >= 0.3 is 0 Å². The van der Waals surface area contributed by atoms with Crippen LogP contribution in [0.2, 0.25) is 0 Å². The van der Waals surface area contributed by atoms with E-state index in [1.54, 1.807) is 7.11 Å². The highest BCUT2D eigenvalue weighted by Crippen LogP contribution is 1.91. The van der Waals surface area contributed by atoms with Crippen molar-refractivity contribution in [2.24, 2.45) is 5.14 Å². The molecule has 0 aromatic carbocycles. The Morgan fingerprint density at radius 1 is 1.27 bits per heavy atom. The van der Waals surface area contributed by atoms with Gasteiger partial charge in [-0.05, 0) is 6.92 Å². The number of sulfonamides is 1. The molecule has 0 heterocycles. The molecule has 0 aliphatic rings. The third-order valence-corrected chi connectivity index (χ3v) is 2.28. The molecule has 6 nitrogen and oxygen atoms in total. The van der Waals surface area contributed by atoms with Gasteiger partial charge in [-0.25, -0.2) is 13.6 Å². The summed E-state index contributed by atoms with van der Waals surface area (Å²) in [7, 11) is -1.82. The Morgan fingerprint density at radius 2 is 1.93 bits per heavy atom. The third kappa shape index (κ3) is 11.7. The quantitative estimate of drug-likeness (QED) is 0.542. The number of methoxy groups -OCH3 is 1. The van der Waals surface area contributed by atoms with E-state index in [2.05, 4.69) is 0 Å². The minimum absolute atomic E-state index is 0.0110. The number of ether oxygens (including phenoxy) is 3. The topological polar surface area (TPSA) is 87.8 Å². The molecule has 2 N–H and O–H groups in total. The van der Waals surface area contributed by atoms with E-state index in [0.717, 1.165) is 0 Å². The van der Waals surface area contributed by atoms with Crippen LogP contribution in [-0.2, 0) is 24.2 Å². The van der Waals surface area contributed by atoms with Crippen LogP contribution in [0.5, 0.6) is 0 Å². The molecule has 0 aliphatic carbocycles. The van der Waals surface area contributed by atoms with Gasteiger partial charge in [0.2, 0.25) is 10.0 Å². The SMILES string of the molecule is COCC(C)OCCOCCS(N)(=O)=O. The van der Waals surface area contributed by atoms with Gasteiger partial charge in [0.1, 0.15) is 0 Å². The van der Waals surface area contributed by atoms with Crippen molar-refractivity contribution in [2.75, 3.05) is 39.3 Å². The highest BCUT2D eigenvalue weighted by Gasteiger charge is 2.03. The van der Waals surface area contributed by atoms with Crippen LogP contribution in [0.3, 0.4) is 0 Å². The molecular weight excluding hydrogens is 222 g/mol. The van der Waals surface area contributed by atoms with Gasteiger partial charge in [0.15, 0.2) is 0 Å². The minimum Gasteiger partial charge on any atom is -0.382 e. The van der Waals surface area contributed by atoms with Crippen molar-refractivity contribution >= 4 is 10.0 Å². The molecule has 0 amide bonds. The lowest BCUT2D eigenvalue weighted by atomic mass is 10.4. The fourth-order valence-corrected chi connectivity index (χ4v) is 1.22. The van der Waals surface area contributed by atoms with Gasteiger partial charge in [-0.1, -0.05) is 0 Å². The maximum atomic E-state index is 10.5. The van der Waals surface area contributed by atoms with Gasteiger partial charge in [0.25, 0.3) is 0 Å². The highest BCUT2D eigenvalue weighted by molar-refractivity contribution is 7.89. The van der Waals surface area contributed by atoms with Crippen LogP contribution >= 0.6 is 0 Å². The molecule has 0 fully saturated rings. The predicted octanol–water partition coefficient (Wildman–Crippen LogP) is -0.657. The number of nitrogens with two attached hydrogens (primary N) is 1. The molecule has 0 radical (unpaired) electrons. The second-order valence-electron chi connectivity index (χ2n) is 3.12. The molecule has 7 heteroatoms. The van der Waals surface area contributed by atoms with Crippen LogP contribution in [0.1, 0.15) is 6.92 Å². The first-order valence-corrected chi connectivity index (χ1v) is 6.36. The zero-order chi connectivity index (χ0) is 11.7. The molecule has 0 saturated carbocycles. The van der Waals surface area contributed by atoms with E-state index in [9.17, 15) is 8.42 Å². The Bertz CT molecular complexity index is 241. The normalized spacial score (nSPS) is 14.1. The summed E-state index contributed by atoms with van der Waals surface area (Å²) < 4.78 is 36.2. The summed E-state index contributed by atoms with van der Waals surface area (Å²) in [5, 5.41) is 4.78. The summed E-state index contributed by atoms with van der Waals surface area (Å²) in [5.41, 5.74) is 0. The molecule has 15 heavy (non-hydrogen) atoms. The van der Waals surface area contributed by atoms with Gasteiger partial charge < -0.3 is 14.2 Å². The first kappa shape index (κ1) is 14.8. The van der Waals surface area contributed by atoms with Crippen LogP contribution in [0.15, 0.2) is 0 Å². The van der Waals surface area contributed by atoms with Crippen molar-refractivity contribution in [2.45, 2.75) is 13.0 Å². The second kappa shape index (κ2) is 8.00. The molecule has 0 spiro atoms. The van der Waals surface area contributed by atoms with E-state index in [-0.39, 0.29) is 18.5 Å². The average Bonchev–Trinajstić information content (AvgIpc) is 2.09. The molecule has 92 valence electrons. The van der Waals surface area contributed by atoms with Crippen LogP contribution in [0, 0.1) is 0 Å². The monoisotopic (exact) mass is 241 g/mol. The fourth-order valence-electron chi connectivity index (χ4n) is 0.868. The van der Waals surface area contributed by atoms with Gasteiger partial charge in [-0.3, -0.25) is 0 Å². The summed E-state index contributed by atoms with van der Waals surface area (Å²) in [5.74, 6) is -0.166. The molecule has 0 saturated heterocycles. The Kier molecular flexibility index (Phi) is 7.89. The van der Waals surface area contributed by atoms with E-state index in [1.807, 2.05) is 6.92 Å². The summed E-state index contributed by atoms with van der Waals surface area (Å²) in [6, 6.07) is 0. The largest absolute Gasteiger partial charge is 0.382 e. The highest BCUT2D eigenvalue weighted by atomic mass is 32.2. The Morgan fingerprint density at radius 3 is 2.47 bits per heavy atom. The molecule has 1 unspecified atom stereocenters. The first-order chi connectivity index (χ1) is 6.95. The van der Waals surface area contributed by atoms with Crippen molar-refractivity contribution in [1.29, 1.82) is 0 Å². The van der Waals surface area contributed by atoms with E-state index in [0.29, 0.717) is 19.8 Å². The molecule has 0 aliphatic heterocycles. The van der Waals surface area contributed by atoms with Gasteiger partial charge in [-0.2, -0.15) is 0 Å². The Hall–Kier alpha value is -0.210. The molecule has 0 aromatic rings. The summed E-state index contributed by atoms with van der Waals surface area (Å²) in [4.78, 5) is 0. The number of rotatable bonds is 9. The van der Waals surface area contributed by atoms with E-state index in [4.69, 9.17) is 19.3 Å².